The second-order valence-corrected chi connectivity index (χ2v) is 3.77. The van der Waals surface area contributed by atoms with Gasteiger partial charge < -0.3 is 10.7 Å². The van der Waals surface area contributed by atoms with E-state index in [0.29, 0.717) is 12.1 Å². The monoisotopic (exact) mass is 282 g/mol. The Morgan fingerprint density at radius 3 is 2.40 bits per heavy atom. The zero-order valence-corrected chi connectivity index (χ0v) is 9.95. The van der Waals surface area contributed by atoms with Crippen molar-refractivity contribution in [1.29, 1.82) is 0 Å². The molecule has 5 nitrogen and oxygen atoms in total. The van der Waals surface area contributed by atoms with Crippen LogP contribution in [0.2, 0.25) is 0 Å². The summed E-state index contributed by atoms with van der Waals surface area (Å²) < 4.78 is 39.5. The summed E-state index contributed by atoms with van der Waals surface area (Å²) in [5, 5.41) is 2.02. The number of benzene rings is 1. The number of carbonyl (C=O) groups is 1. The summed E-state index contributed by atoms with van der Waals surface area (Å²) in [6.45, 7) is 0. The molecule has 0 bridgehead atoms. The average molecular weight is 282 g/mol. The number of nitrogen functional groups attached to an aromatic ring is 1. The number of halogens is 3. The number of aromatic nitrogens is 1. The van der Waals surface area contributed by atoms with E-state index in [9.17, 15) is 18.0 Å². The highest BCUT2D eigenvalue weighted by Gasteiger charge is 2.15. The minimum absolute atomic E-state index is 0.0797. The van der Waals surface area contributed by atoms with Gasteiger partial charge in [0, 0.05) is 23.9 Å². The third-order valence-electron chi connectivity index (χ3n) is 2.42. The van der Waals surface area contributed by atoms with Gasteiger partial charge in [-0.3, -0.25) is 4.79 Å². The Bertz CT molecular complexity index is 640. The van der Waals surface area contributed by atoms with Crippen LogP contribution in [0.3, 0.4) is 0 Å². The fourth-order valence-corrected chi connectivity index (χ4v) is 1.50. The number of rotatable bonds is 3. The summed E-state index contributed by atoms with van der Waals surface area (Å²) in [6.07, 6.45) is 1.29. The molecule has 0 aliphatic rings. The highest BCUT2D eigenvalue weighted by atomic mass is 19.1. The van der Waals surface area contributed by atoms with E-state index in [4.69, 9.17) is 5.84 Å². The summed E-state index contributed by atoms with van der Waals surface area (Å²) >= 11 is 0. The Labute approximate surface area is 111 Å². The Morgan fingerprint density at radius 1 is 1.15 bits per heavy atom. The van der Waals surface area contributed by atoms with E-state index in [2.05, 4.69) is 10.4 Å². The van der Waals surface area contributed by atoms with Gasteiger partial charge in [-0.25, -0.2) is 24.0 Å². The van der Waals surface area contributed by atoms with Crippen LogP contribution in [-0.4, -0.2) is 10.9 Å². The van der Waals surface area contributed by atoms with Gasteiger partial charge in [0.05, 0.1) is 0 Å². The topological polar surface area (TPSA) is 80.0 Å². The maximum absolute atomic E-state index is 13.4. The lowest BCUT2D eigenvalue weighted by Gasteiger charge is -2.08. The van der Waals surface area contributed by atoms with Gasteiger partial charge >= 0.3 is 0 Å². The maximum atomic E-state index is 13.4. The number of hydrogen-bond acceptors (Lipinski definition) is 4. The summed E-state index contributed by atoms with van der Waals surface area (Å²) in [7, 11) is 0. The minimum Gasteiger partial charge on any atom is -0.317 e. The molecular formula is C12H9F3N4O. The van der Waals surface area contributed by atoms with Crippen LogP contribution < -0.4 is 16.6 Å². The van der Waals surface area contributed by atoms with Gasteiger partial charge in [-0.1, -0.05) is 0 Å². The number of nitrogens with two attached hydrogens (primary N) is 1. The first-order chi connectivity index (χ1) is 9.51. The predicted molar refractivity (Wildman–Crippen MR) is 66.3 cm³/mol. The molecule has 104 valence electrons. The van der Waals surface area contributed by atoms with Crippen molar-refractivity contribution in [2.45, 2.75) is 0 Å². The first-order valence-corrected chi connectivity index (χ1v) is 5.40. The van der Waals surface area contributed by atoms with E-state index < -0.39 is 29.0 Å². The van der Waals surface area contributed by atoms with E-state index >= 15 is 0 Å². The van der Waals surface area contributed by atoms with Crippen molar-refractivity contribution in [2.24, 2.45) is 5.84 Å². The predicted octanol–water partition coefficient (Wildman–Crippen LogP) is 2.04. The zero-order chi connectivity index (χ0) is 14.7. The largest absolute Gasteiger partial charge is 0.317 e. The Balaban J connectivity index is 2.28. The van der Waals surface area contributed by atoms with Crippen LogP contribution in [0.25, 0.3) is 0 Å². The summed E-state index contributed by atoms with van der Waals surface area (Å²) in [6, 6.07) is 3.56. The van der Waals surface area contributed by atoms with Gasteiger partial charge in [-0.15, -0.1) is 0 Å². The molecule has 1 aromatic carbocycles. The molecule has 2 aromatic rings. The van der Waals surface area contributed by atoms with Crippen molar-refractivity contribution in [2.75, 3.05) is 10.7 Å². The molecule has 0 unspecified atom stereocenters. The normalized spacial score (nSPS) is 10.2. The Morgan fingerprint density at radius 2 is 1.80 bits per heavy atom. The van der Waals surface area contributed by atoms with Crippen LogP contribution in [-0.2, 0) is 0 Å². The Hall–Kier alpha value is -2.61. The van der Waals surface area contributed by atoms with Gasteiger partial charge in [-0.05, 0) is 12.1 Å². The van der Waals surface area contributed by atoms with E-state index in [-0.39, 0.29) is 11.4 Å². The number of carbonyl (C=O) groups excluding carboxylic acids is 1. The molecule has 1 aromatic heterocycles. The molecule has 0 saturated carbocycles. The molecule has 0 aliphatic heterocycles. The Kier molecular flexibility index (Phi) is 3.85. The van der Waals surface area contributed by atoms with Gasteiger partial charge in [0.15, 0.2) is 11.6 Å². The van der Waals surface area contributed by atoms with Crippen LogP contribution in [0, 0.1) is 17.5 Å². The van der Waals surface area contributed by atoms with Gasteiger partial charge in [0.2, 0.25) is 0 Å². The van der Waals surface area contributed by atoms with E-state index in [1.807, 2.05) is 5.32 Å². The molecule has 0 fully saturated rings. The van der Waals surface area contributed by atoms with E-state index in [0.717, 1.165) is 0 Å². The molecule has 2 rings (SSSR count). The fourth-order valence-electron chi connectivity index (χ4n) is 1.50. The molecule has 4 N–H and O–H groups in total. The second kappa shape index (κ2) is 5.57. The first-order valence-electron chi connectivity index (χ1n) is 5.40. The molecule has 0 aliphatic carbocycles. The van der Waals surface area contributed by atoms with Crippen LogP contribution in [0.1, 0.15) is 10.4 Å². The van der Waals surface area contributed by atoms with Crippen molar-refractivity contribution < 1.29 is 18.0 Å². The maximum Gasteiger partial charge on any atom is 0.256 e. The van der Waals surface area contributed by atoms with Gasteiger partial charge in [0.25, 0.3) is 5.91 Å². The fraction of sp³-hybridized carbons (Fsp3) is 0. The third-order valence-corrected chi connectivity index (χ3v) is 2.42. The van der Waals surface area contributed by atoms with Crippen molar-refractivity contribution in [3.8, 4) is 0 Å². The van der Waals surface area contributed by atoms with Crippen LogP contribution in [0.15, 0.2) is 30.5 Å². The number of hydrogen-bond donors (Lipinski definition) is 3. The molecule has 1 heterocycles. The number of nitrogens with one attached hydrogen (secondary N) is 2. The smallest absolute Gasteiger partial charge is 0.256 e. The first kappa shape index (κ1) is 13.8. The van der Waals surface area contributed by atoms with Gasteiger partial charge in [-0.2, -0.15) is 0 Å². The minimum atomic E-state index is -1.21. The summed E-state index contributed by atoms with van der Waals surface area (Å²) in [5.74, 6) is 1.07. The number of nitrogens with zero attached hydrogens (tertiary/aromatic N) is 1. The third kappa shape index (κ3) is 2.86. The zero-order valence-electron chi connectivity index (χ0n) is 9.95. The highest BCUT2D eigenvalue weighted by molar-refractivity contribution is 6.04. The summed E-state index contributed by atoms with van der Waals surface area (Å²) in [4.78, 5) is 15.6. The van der Waals surface area contributed by atoms with Crippen LogP contribution >= 0.6 is 0 Å². The molecule has 20 heavy (non-hydrogen) atoms. The molecule has 8 heteroatoms. The van der Waals surface area contributed by atoms with Crippen LogP contribution in [0.4, 0.5) is 24.7 Å². The second-order valence-electron chi connectivity index (χ2n) is 3.77. The quantitative estimate of drug-likeness (QED) is 0.594. The summed E-state index contributed by atoms with van der Waals surface area (Å²) in [5.41, 5.74) is 1.58. The average Bonchev–Trinajstić information content (AvgIpc) is 2.42. The lowest BCUT2D eigenvalue weighted by Crippen LogP contribution is -2.16. The van der Waals surface area contributed by atoms with E-state index in [1.165, 1.54) is 18.3 Å². The van der Waals surface area contributed by atoms with E-state index in [1.54, 1.807) is 0 Å². The molecule has 1 amide bonds. The SMILES string of the molecule is NNc1cc(C(=O)Nc2c(F)cc(F)cc2F)ccn1. The van der Waals surface area contributed by atoms with Crippen molar-refractivity contribution >= 4 is 17.4 Å². The molecule has 0 saturated heterocycles. The molecule has 0 radical (unpaired) electrons. The standard InChI is InChI=1S/C12H9F3N4O/c13-7-4-8(14)11(9(15)5-7)18-12(20)6-1-2-17-10(3-6)19-16/h1-5H,16H2,(H,17,19)(H,18,20). The molecule has 0 atom stereocenters. The van der Waals surface area contributed by atoms with Crippen molar-refractivity contribution in [3.63, 3.8) is 0 Å². The van der Waals surface area contributed by atoms with Crippen LogP contribution in [0.5, 0.6) is 0 Å². The lowest BCUT2D eigenvalue weighted by molar-refractivity contribution is 0.102. The van der Waals surface area contributed by atoms with Crippen molar-refractivity contribution in [1.82, 2.24) is 4.98 Å². The molecule has 0 spiro atoms. The highest BCUT2D eigenvalue weighted by Crippen LogP contribution is 2.21. The number of amides is 1. The number of anilines is 2. The molecular weight excluding hydrogens is 273 g/mol. The van der Waals surface area contributed by atoms with Crippen molar-refractivity contribution in [3.05, 3.63) is 53.5 Å². The number of pyridine rings is 1. The van der Waals surface area contributed by atoms with Gasteiger partial charge in [0.1, 0.15) is 17.3 Å². The lowest BCUT2D eigenvalue weighted by atomic mass is 10.2. The number of hydrazine groups is 1.